The van der Waals surface area contributed by atoms with Crippen molar-refractivity contribution >= 4 is 17.7 Å². The van der Waals surface area contributed by atoms with E-state index in [-0.39, 0.29) is 0 Å². The van der Waals surface area contributed by atoms with E-state index in [1.165, 1.54) is 11.8 Å². The summed E-state index contributed by atoms with van der Waals surface area (Å²) in [6.45, 7) is 6.64. The van der Waals surface area contributed by atoms with Crippen molar-refractivity contribution in [2.24, 2.45) is 5.92 Å². The number of carbonyl (C=O) groups is 1. The van der Waals surface area contributed by atoms with Crippen molar-refractivity contribution in [2.45, 2.75) is 38.4 Å². The maximum absolute atomic E-state index is 11.2. The van der Waals surface area contributed by atoms with Crippen LogP contribution in [0.25, 0.3) is 0 Å². The van der Waals surface area contributed by atoms with Gasteiger partial charge in [-0.05, 0) is 25.7 Å². The molecule has 0 aromatic heterocycles. The largest absolute Gasteiger partial charge is 0.480 e. The van der Waals surface area contributed by atoms with E-state index < -0.39 is 10.7 Å². The summed E-state index contributed by atoms with van der Waals surface area (Å²) < 4.78 is 4.26. The quantitative estimate of drug-likeness (QED) is 0.656. The van der Waals surface area contributed by atoms with E-state index in [0.29, 0.717) is 18.9 Å². The number of rotatable bonds is 8. The van der Waals surface area contributed by atoms with E-state index in [0.717, 1.165) is 12.2 Å². The third-order valence-electron chi connectivity index (χ3n) is 2.36. The first-order valence-electron chi connectivity index (χ1n) is 5.28. The fourth-order valence-corrected chi connectivity index (χ4v) is 2.24. The Morgan fingerprint density at radius 3 is 2.53 bits per heavy atom. The summed E-state index contributed by atoms with van der Waals surface area (Å²) in [5, 5.41) is 9.18. The Hall–Kier alpha value is -0.220. The molecule has 0 aliphatic carbocycles. The Morgan fingerprint density at radius 1 is 1.53 bits per heavy atom. The van der Waals surface area contributed by atoms with Crippen molar-refractivity contribution < 1.29 is 14.6 Å². The highest BCUT2D eigenvalue weighted by molar-refractivity contribution is 8.01. The molecule has 0 spiro atoms. The van der Waals surface area contributed by atoms with Crippen LogP contribution < -0.4 is 0 Å². The predicted molar refractivity (Wildman–Crippen MR) is 64.4 cm³/mol. The molecule has 3 nitrogen and oxygen atoms in total. The summed E-state index contributed by atoms with van der Waals surface area (Å²) in [4.78, 5) is 11.2. The Balaban J connectivity index is 4.13. The number of ether oxygens (including phenoxy) is 1. The van der Waals surface area contributed by atoms with Crippen molar-refractivity contribution in [1.29, 1.82) is 0 Å². The standard InChI is InChI=1S/C11H22O3S/c1-9(2)5-6-11(3,10(12)13)15-8-7-14-4/h9H,5-8H2,1-4H3,(H,12,13). The zero-order chi connectivity index (χ0) is 11.9. The lowest BCUT2D eigenvalue weighted by Crippen LogP contribution is -2.32. The summed E-state index contributed by atoms with van der Waals surface area (Å²) in [5.41, 5.74) is 0. The summed E-state index contributed by atoms with van der Waals surface area (Å²) in [5.74, 6) is 0.563. The first-order valence-corrected chi connectivity index (χ1v) is 6.27. The number of hydrogen-bond donors (Lipinski definition) is 1. The molecule has 0 aromatic carbocycles. The minimum absolute atomic E-state index is 0.548. The number of carboxylic acids is 1. The smallest absolute Gasteiger partial charge is 0.319 e. The van der Waals surface area contributed by atoms with Crippen molar-refractivity contribution in [3.05, 3.63) is 0 Å². The van der Waals surface area contributed by atoms with Gasteiger partial charge in [-0.15, -0.1) is 11.8 Å². The van der Waals surface area contributed by atoms with Crippen LogP contribution in [-0.4, -0.2) is 35.3 Å². The van der Waals surface area contributed by atoms with Crippen molar-refractivity contribution in [3.63, 3.8) is 0 Å². The molecule has 1 atom stereocenters. The van der Waals surface area contributed by atoms with Gasteiger partial charge in [-0.3, -0.25) is 4.79 Å². The Morgan fingerprint density at radius 2 is 2.13 bits per heavy atom. The third-order valence-corrected chi connectivity index (χ3v) is 3.75. The Labute approximate surface area is 96.6 Å². The highest BCUT2D eigenvalue weighted by atomic mass is 32.2. The summed E-state index contributed by atoms with van der Waals surface area (Å²) in [7, 11) is 1.63. The SMILES string of the molecule is COCCSC(C)(CCC(C)C)C(=O)O. The fourth-order valence-electron chi connectivity index (χ4n) is 1.16. The molecule has 15 heavy (non-hydrogen) atoms. The van der Waals surface area contributed by atoms with Crippen molar-refractivity contribution in [1.82, 2.24) is 0 Å². The molecule has 0 saturated carbocycles. The molecule has 1 N–H and O–H groups in total. The van der Waals surface area contributed by atoms with Gasteiger partial charge < -0.3 is 9.84 Å². The number of hydrogen-bond acceptors (Lipinski definition) is 3. The monoisotopic (exact) mass is 234 g/mol. The van der Waals surface area contributed by atoms with Gasteiger partial charge in [0.1, 0.15) is 4.75 Å². The second-order valence-corrected chi connectivity index (χ2v) is 5.91. The van der Waals surface area contributed by atoms with Gasteiger partial charge in [0.2, 0.25) is 0 Å². The van der Waals surface area contributed by atoms with Gasteiger partial charge in [0, 0.05) is 12.9 Å². The molecule has 4 heteroatoms. The molecule has 0 fully saturated rings. The van der Waals surface area contributed by atoms with Crippen molar-refractivity contribution in [2.75, 3.05) is 19.5 Å². The first kappa shape index (κ1) is 14.8. The van der Waals surface area contributed by atoms with E-state index in [1.807, 2.05) is 0 Å². The highest BCUT2D eigenvalue weighted by Crippen LogP contribution is 2.31. The molecule has 0 saturated heterocycles. The van der Waals surface area contributed by atoms with E-state index in [2.05, 4.69) is 13.8 Å². The maximum atomic E-state index is 11.2. The van der Waals surface area contributed by atoms with Gasteiger partial charge in [-0.25, -0.2) is 0 Å². The van der Waals surface area contributed by atoms with Crippen LogP contribution in [0.1, 0.15) is 33.6 Å². The van der Waals surface area contributed by atoms with Gasteiger partial charge >= 0.3 is 5.97 Å². The van der Waals surface area contributed by atoms with Crippen LogP contribution in [0.5, 0.6) is 0 Å². The normalized spacial score (nSPS) is 15.3. The molecule has 0 aliphatic heterocycles. The van der Waals surface area contributed by atoms with Gasteiger partial charge in [0.05, 0.1) is 6.61 Å². The van der Waals surface area contributed by atoms with E-state index in [9.17, 15) is 9.90 Å². The lowest BCUT2D eigenvalue weighted by Gasteiger charge is -2.24. The molecular formula is C11H22O3S. The molecule has 0 bridgehead atoms. The molecule has 0 aliphatic rings. The van der Waals surface area contributed by atoms with Gasteiger partial charge in [-0.1, -0.05) is 13.8 Å². The molecule has 0 heterocycles. The predicted octanol–water partition coefficient (Wildman–Crippen LogP) is 2.65. The molecular weight excluding hydrogens is 212 g/mol. The molecule has 0 aromatic rings. The van der Waals surface area contributed by atoms with Crippen LogP contribution in [0.4, 0.5) is 0 Å². The van der Waals surface area contributed by atoms with Crippen LogP contribution >= 0.6 is 11.8 Å². The lowest BCUT2D eigenvalue weighted by atomic mass is 9.99. The average Bonchev–Trinajstić information content (AvgIpc) is 2.15. The van der Waals surface area contributed by atoms with Gasteiger partial charge in [0.15, 0.2) is 0 Å². The van der Waals surface area contributed by atoms with Crippen LogP contribution in [0.3, 0.4) is 0 Å². The van der Waals surface area contributed by atoms with Crippen LogP contribution in [0.2, 0.25) is 0 Å². The van der Waals surface area contributed by atoms with Crippen LogP contribution in [0.15, 0.2) is 0 Å². The summed E-state index contributed by atoms with van der Waals surface area (Å²) in [6, 6.07) is 0. The number of thioether (sulfide) groups is 1. The highest BCUT2D eigenvalue weighted by Gasteiger charge is 2.33. The molecule has 0 radical (unpaired) electrons. The molecule has 0 amide bonds. The molecule has 90 valence electrons. The topological polar surface area (TPSA) is 46.5 Å². The Kier molecular flexibility index (Phi) is 7.02. The summed E-state index contributed by atoms with van der Waals surface area (Å²) >= 11 is 1.47. The van der Waals surface area contributed by atoms with E-state index in [1.54, 1.807) is 14.0 Å². The molecule has 0 rings (SSSR count). The minimum atomic E-state index is -0.718. The minimum Gasteiger partial charge on any atom is -0.480 e. The number of carboxylic acid groups (broad SMARTS) is 1. The van der Waals surface area contributed by atoms with Gasteiger partial charge in [-0.2, -0.15) is 0 Å². The van der Waals surface area contributed by atoms with Gasteiger partial charge in [0.25, 0.3) is 0 Å². The van der Waals surface area contributed by atoms with E-state index in [4.69, 9.17) is 4.74 Å². The second kappa shape index (κ2) is 7.12. The van der Waals surface area contributed by atoms with Crippen LogP contribution in [-0.2, 0) is 9.53 Å². The lowest BCUT2D eigenvalue weighted by molar-refractivity contribution is -0.139. The van der Waals surface area contributed by atoms with Crippen molar-refractivity contribution in [3.8, 4) is 0 Å². The van der Waals surface area contributed by atoms with Crippen LogP contribution in [0, 0.1) is 5.92 Å². The summed E-state index contributed by atoms with van der Waals surface area (Å²) in [6.07, 6.45) is 1.66. The van der Waals surface area contributed by atoms with E-state index >= 15 is 0 Å². The Bertz CT molecular complexity index is 194. The number of aliphatic carboxylic acids is 1. The first-order chi connectivity index (χ1) is 6.92. The fraction of sp³-hybridized carbons (Fsp3) is 0.909. The third kappa shape index (κ3) is 6.05. The number of methoxy groups -OCH3 is 1. The molecule has 1 unspecified atom stereocenters. The zero-order valence-electron chi connectivity index (χ0n) is 10.1. The average molecular weight is 234 g/mol. The maximum Gasteiger partial charge on any atom is 0.319 e. The zero-order valence-corrected chi connectivity index (χ0v) is 10.9. The second-order valence-electron chi connectivity index (χ2n) is 4.31.